The van der Waals surface area contributed by atoms with Gasteiger partial charge in [-0.3, -0.25) is 0 Å². The molecule has 0 radical (unpaired) electrons. The number of hydrogen-bond acceptors (Lipinski definition) is 6. The molecule has 0 bridgehead atoms. The molecule has 0 aliphatic heterocycles. The van der Waals surface area contributed by atoms with Gasteiger partial charge in [-0.25, -0.2) is 8.42 Å². The molecule has 7 nitrogen and oxygen atoms in total. The molecule has 0 spiro atoms. The third-order valence-corrected chi connectivity index (χ3v) is 4.74. The average Bonchev–Trinajstić information content (AvgIpc) is 2.85. The Hall–Kier alpha value is -1.67. The molecular formula is C11H15N3O4S. The fourth-order valence-electron chi connectivity index (χ4n) is 1.79. The summed E-state index contributed by atoms with van der Waals surface area (Å²) in [5.74, 6) is 0.758. The van der Waals surface area contributed by atoms with Gasteiger partial charge in [-0.1, -0.05) is 10.3 Å². The van der Waals surface area contributed by atoms with Crippen molar-refractivity contribution in [2.45, 2.75) is 32.2 Å². The van der Waals surface area contributed by atoms with Gasteiger partial charge in [0.05, 0.1) is 12.2 Å². The van der Waals surface area contributed by atoms with Crippen molar-refractivity contribution < 1.29 is 17.5 Å². The van der Waals surface area contributed by atoms with Crippen LogP contribution in [0.3, 0.4) is 0 Å². The first kappa shape index (κ1) is 13.8. The van der Waals surface area contributed by atoms with E-state index < -0.39 is 10.0 Å². The fraction of sp³-hybridized carbons (Fsp3) is 0.455. The quantitative estimate of drug-likeness (QED) is 0.843. The SMILES string of the molecule is Cc1cc(CN(C)S(=O)(=O)c2c(C)noc2C)on1. The molecule has 2 aromatic rings. The van der Waals surface area contributed by atoms with Gasteiger partial charge in [-0.05, 0) is 20.8 Å². The smallest absolute Gasteiger partial charge is 0.248 e. The summed E-state index contributed by atoms with van der Waals surface area (Å²) in [5.41, 5.74) is 1.05. The maximum Gasteiger partial charge on any atom is 0.248 e. The van der Waals surface area contributed by atoms with Gasteiger partial charge in [-0.2, -0.15) is 4.31 Å². The Labute approximate surface area is 111 Å². The number of aromatic nitrogens is 2. The fourth-order valence-corrected chi connectivity index (χ4v) is 3.21. The minimum Gasteiger partial charge on any atom is -0.360 e. The largest absolute Gasteiger partial charge is 0.360 e. The molecule has 0 unspecified atom stereocenters. The maximum absolute atomic E-state index is 12.4. The lowest BCUT2D eigenvalue weighted by Crippen LogP contribution is -2.27. The Morgan fingerprint density at radius 3 is 2.37 bits per heavy atom. The first-order valence-corrected chi connectivity index (χ1v) is 7.08. The van der Waals surface area contributed by atoms with Crippen LogP contribution in [-0.2, 0) is 16.6 Å². The number of rotatable bonds is 4. The molecule has 104 valence electrons. The van der Waals surface area contributed by atoms with Gasteiger partial charge < -0.3 is 9.05 Å². The zero-order chi connectivity index (χ0) is 14.2. The van der Waals surface area contributed by atoms with Crippen molar-refractivity contribution >= 4 is 10.0 Å². The topological polar surface area (TPSA) is 89.4 Å². The molecular weight excluding hydrogens is 270 g/mol. The normalized spacial score (nSPS) is 12.3. The monoisotopic (exact) mass is 285 g/mol. The number of hydrogen-bond donors (Lipinski definition) is 0. The van der Waals surface area contributed by atoms with Crippen molar-refractivity contribution in [3.8, 4) is 0 Å². The van der Waals surface area contributed by atoms with E-state index in [9.17, 15) is 8.42 Å². The van der Waals surface area contributed by atoms with E-state index in [2.05, 4.69) is 10.3 Å². The minimum atomic E-state index is -3.66. The van der Waals surface area contributed by atoms with Crippen molar-refractivity contribution in [3.63, 3.8) is 0 Å². The molecule has 19 heavy (non-hydrogen) atoms. The van der Waals surface area contributed by atoms with Crippen LogP contribution in [0.2, 0.25) is 0 Å². The van der Waals surface area contributed by atoms with Crippen molar-refractivity contribution in [2.75, 3.05) is 7.05 Å². The van der Waals surface area contributed by atoms with E-state index in [0.29, 0.717) is 17.1 Å². The Morgan fingerprint density at radius 1 is 1.21 bits per heavy atom. The van der Waals surface area contributed by atoms with E-state index in [-0.39, 0.29) is 17.2 Å². The van der Waals surface area contributed by atoms with Gasteiger partial charge in [-0.15, -0.1) is 0 Å². The van der Waals surface area contributed by atoms with E-state index in [0.717, 1.165) is 0 Å². The number of nitrogens with zero attached hydrogens (tertiary/aromatic N) is 3. The molecule has 2 rings (SSSR count). The summed E-state index contributed by atoms with van der Waals surface area (Å²) in [4.78, 5) is 0.103. The van der Waals surface area contributed by atoms with E-state index in [1.807, 2.05) is 0 Å². The van der Waals surface area contributed by atoms with Crippen LogP contribution >= 0.6 is 0 Å². The molecule has 0 saturated carbocycles. The lowest BCUT2D eigenvalue weighted by molar-refractivity contribution is 0.340. The van der Waals surface area contributed by atoms with Crippen LogP contribution in [0, 0.1) is 20.8 Å². The standard InChI is InChI=1S/C11H15N3O4S/c1-7-5-10(18-12-7)6-14(4)19(15,16)11-8(2)13-17-9(11)3/h5H,6H2,1-4H3. The number of aryl methyl sites for hydroxylation is 3. The summed E-state index contributed by atoms with van der Waals surface area (Å²) in [7, 11) is -2.19. The zero-order valence-corrected chi connectivity index (χ0v) is 12.0. The predicted octanol–water partition coefficient (Wildman–Crippen LogP) is 1.41. The summed E-state index contributed by atoms with van der Waals surface area (Å²) in [6.07, 6.45) is 0. The lowest BCUT2D eigenvalue weighted by Gasteiger charge is -2.14. The molecule has 0 aliphatic carbocycles. The van der Waals surface area contributed by atoms with Gasteiger partial charge in [0.2, 0.25) is 10.0 Å². The van der Waals surface area contributed by atoms with Crippen LogP contribution in [0.5, 0.6) is 0 Å². The molecule has 0 aliphatic rings. The van der Waals surface area contributed by atoms with Crippen LogP contribution in [0.1, 0.15) is 22.9 Å². The van der Waals surface area contributed by atoms with Crippen molar-refractivity contribution in [1.82, 2.24) is 14.6 Å². The van der Waals surface area contributed by atoms with E-state index in [1.54, 1.807) is 26.8 Å². The third-order valence-electron chi connectivity index (χ3n) is 2.69. The second-order valence-corrected chi connectivity index (χ2v) is 6.33. The lowest BCUT2D eigenvalue weighted by atomic mass is 10.4. The highest BCUT2D eigenvalue weighted by Gasteiger charge is 2.29. The molecule has 0 aromatic carbocycles. The Kier molecular flexibility index (Phi) is 3.46. The molecule has 0 amide bonds. The highest BCUT2D eigenvalue weighted by Crippen LogP contribution is 2.23. The second-order valence-electron chi connectivity index (χ2n) is 4.35. The molecule has 0 N–H and O–H groups in total. The molecule has 8 heteroatoms. The highest BCUT2D eigenvalue weighted by atomic mass is 32.2. The van der Waals surface area contributed by atoms with Crippen LogP contribution in [0.4, 0.5) is 0 Å². The summed E-state index contributed by atoms with van der Waals surface area (Å²) >= 11 is 0. The molecule has 0 fully saturated rings. The van der Waals surface area contributed by atoms with Crippen LogP contribution in [-0.4, -0.2) is 30.1 Å². The van der Waals surface area contributed by atoms with Crippen molar-refractivity contribution in [1.29, 1.82) is 0 Å². The predicted molar refractivity (Wildman–Crippen MR) is 65.9 cm³/mol. The van der Waals surface area contributed by atoms with Gasteiger partial charge >= 0.3 is 0 Å². The zero-order valence-electron chi connectivity index (χ0n) is 11.2. The van der Waals surface area contributed by atoms with Crippen LogP contribution < -0.4 is 0 Å². The summed E-state index contributed by atoms with van der Waals surface area (Å²) < 4.78 is 35.9. The number of sulfonamides is 1. The summed E-state index contributed by atoms with van der Waals surface area (Å²) in [5, 5.41) is 7.38. The van der Waals surface area contributed by atoms with E-state index in [1.165, 1.54) is 11.4 Å². The molecule has 0 atom stereocenters. The average molecular weight is 285 g/mol. The minimum absolute atomic E-state index is 0.103. The first-order valence-electron chi connectivity index (χ1n) is 5.63. The third kappa shape index (κ3) is 2.54. The van der Waals surface area contributed by atoms with Gasteiger partial charge in [0.1, 0.15) is 10.6 Å². The maximum atomic E-state index is 12.4. The van der Waals surface area contributed by atoms with E-state index >= 15 is 0 Å². The Morgan fingerprint density at radius 2 is 1.89 bits per heavy atom. The molecule has 2 heterocycles. The van der Waals surface area contributed by atoms with E-state index in [4.69, 9.17) is 9.05 Å². The van der Waals surface area contributed by atoms with Gasteiger partial charge in [0.25, 0.3) is 0 Å². The highest BCUT2D eigenvalue weighted by molar-refractivity contribution is 7.89. The molecule has 0 saturated heterocycles. The first-order chi connectivity index (χ1) is 8.82. The van der Waals surface area contributed by atoms with Crippen LogP contribution in [0.25, 0.3) is 0 Å². The van der Waals surface area contributed by atoms with Crippen LogP contribution in [0.15, 0.2) is 20.0 Å². The Bertz CT molecular complexity index is 667. The molecule has 2 aromatic heterocycles. The summed E-state index contributed by atoms with van der Waals surface area (Å²) in [6, 6.07) is 1.69. The Balaban J connectivity index is 2.30. The van der Waals surface area contributed by atoms with Gasteiger partial charge in [0, 0.05) is 13.1 Å². The van der Waals surface area contributed by atoms with Crippen molar-refractivity contribution in [2.24, 2.45) is 0 Å². The van der Waals surface area contributed by atoms with Gasteiger partial charge in [0.15, 0.2) is 11.5 Å². The van der Waals surface area contributed by atoms with Crippen molar-refractivity contribution in [3.05, 3.63) is 29.0 Å². The second kappa shape index (κ2) is 4.78. The summed E-state index contributed by atoms with van der Waals surface area (Å²) in [6.45, 7) is 5.04.